The number of carboxylic acids is 1. The summed E-state index contributed by atoms with van der Waals surface area (Å²) in [6.07, 6.45) is 0.0644. The number of nitrogens with one attached hydrogen (secondary N) is 1. The van der Waals surface area contributed by atoms with Gasteiger partial charge in [0, 0.05) is 17.3 Å². The fourth-order valence-corrected chi connectivity index (χ4v) is 4.99. The fourth-order valence-electron chi connectivity index (χ4n) is 3.35. The van der Waals surface area contributed by atoms with Gasteiger partial charge in [0.05, 0.1) is 23.5 Å². The summed E-state index contributed by atoms with van der Waals surface area (Å²) in [7, 11) is -3.04. The molecule has 0 saturated carbocycles. The third kappa shape index (κ3) is 4.63. The first-order valence-corrected chi connectivity index (χ1v) is 11.1. The maximum absolute atomic E-state index is 13.2. The van der Waals surface area contributed by atoms with Gasteiger partial charge in [-0.1, -0.05) is 11.6 Å². The Hall–Kier alpha value is -3.31. The molecule has 0 bridgehead atoms. The van der Waals surface area contributed by atoms with Crippen LogP contribution in [0.15, 0.2) is 41.3 Å². The average Bonchev–Trinajstić information content (AvgIpc) is 2.87. The van der Waals surface area contributed by atoms with E-state index in [-0.39, 0.29) is 24.2 Å². The van der Waals surface area contributed by atoms with Gasteiger partial charge >= 0.3 is 5.97 Å². The van der Waals surface area contributed by atoms with E-state index < -0.39 is 45.2 Å². The van der Waals surface area contributed by atoms with E-state index in [9.17, 15) is 22.8 Å². The molecule has 1 aliphatic rings. The van der Waals surface area contributed by atoms with Gasteiger partial charge in [-0.05, 0) is 48.4 Å². The second-order valence-electron chi connectivity index (χ2n) is 7.07. The van der Waals surface area contributed by atoms with Crippen LogP contribution in [-0.4, -0.2) is 55.8 Å². The quantitative estimate of drug-likeness (QED) is 0.518. The molecule has 170 valence electrons. The molecule has 1 saturated heterocycles. The number of methoxy groups -OCH3 is 1. The largest absolute Gasteiger partial charge is 0.496 e. The number of hydrogen-bond acceptors (Lipinski definition) is 7. The van der Waals surface area contributed by atoms with E-state index in [0.29, 0.717) is 20.6 Å². The molecular formula is C20H20ClN3O7S. The van der Waals surface area contributed by atoms with Crippen LogP contribution in [0.1, 0.15) is 15.9 Å². The highest BCUT2D eigenvalue weighted by Crippen LogP contribution is 2.28. The third-order valence-electron chi connectivity index (χ3n) is 4.98. The van der Waals surface area contributed by atoms with E-state index in [1.165, 1.54) is 7.11 Å². The molecule has 1 fully saturated rings. The normalized spacial score (nSPS) is 16.9. The molecule has 1 aliphatic heterocycles. The number of sulfonamides is 1. The SMILES string of the molecule is COc1ccc(Cl)cc1CC1CNC(=O)CN(S(=O)(=O)c2ccc(C(=O)O)c(N)c2)C1=O. The number of nitrogen functional groups attached to an aromatic ring is 1. The molecule has 1 atom stereocenters. The van der Waals surface area contributed by atoms with Crippen molar-refractivity contribution in [2.75, 3.05) is 25.9 Å². The van der Waals surface area contributed by atoms with Crippen molar-refractivity contribution >= 4 is 45.1 Å². The van der Waals surface area contributed by atoms with Gasteiger partial charge in [-0.2, -0.15) is 0 Å². The molecule has 0 aromatic heterocycles. The molecule has 4 N–H and O–H groups in total. The number of halogens is 1. The predicted molar refractivity (Wildman–Crippen MR) is 115 cm³/mol. The Morgan fingerprint density at radius 1 is 1.28 bits per heavy atom. The second-order valence-corrected chi connectivity index (χ2v) is 9.36. The zero-order valence-corrected chi connectivity index (χ0v) is 18.4. The fraction of sp³-hybridized carbons (Fsp3) is 0.250. The van der Waals surface area contributed by atoms with Crippen molar-refractivity contribution in [1.82, 2.24) is 9.62 Å². The van der Waals surface area contributed by atoms with Crippen LogP contribution in [0.2, 0.25) is 5.02 Å². The minimum Gasteiger partial charge on any atom is -0.496 e. The number of carboxylic acid groups (broad SMARTS) is 1. The summed E-state index contributed by atoms with van der Waals surface area (Å²) in [5, 5.41) is 12.0. The number of anilines is 1. The Morgan fingerprint density at radius 3 is 2.62 bits per heavy atom. The maximum atomic E-state index is 13.2. The molecule has 1 unspecified atom stereocenters. The van der Waals surface area contributed by atoms with Gasteiger partial charge in [0.1, 0.15) is 12.3 Å². The highest BCUT2D eigenvalue weighted by Gasteiger charge is 2.38. The number of nitrogens with two attached hydrogens (primary N) is 1. The van der Waals surface area contributed by atoms with E-state index >= 15 is 0 Å². The second kappa shape index (κ2) is 9.05. The van der Waals surface area contributed by atoms with E-state index in [1.807, 2.05) is 0 Å². The summed E-state index contributed by atoms with van der Waals surface area (Å²) in [6, 6.07) is 7.84. The van der Waals surface area contributed by atoms with Crippen molar-refractivity contribution < 1.29 is 32.6 Å². The average molecular weight is 482 g/mol. The molecule has 2 amide bonds. The summed E-state index contributed by atoms with van der Waals surface area (Å²) in [5.41, 5.74) is 5.66. The van der Waals surface area contributed by atoms with Crippen molar-refractivity contribution in [3.63, 3.8) is 0 Å². The summed E-state index contributed by atoms with van der Waals surface area (Å²) >= 11 is 6.04. The van der Waals surface area contributed by atoms with Crippen LogP contribution in [0.4, 0.5) is 5.69 Å². The van der Waals surface area contributed by atoms with Crippen molar-refractivity contribution in [3.8, 4) is 5.75 Å². The maximum Gasteiger partial charge on any atom is 0.337 e. The van der Waals surface area contributed by atoms with Gasteiger partial charge in [0.2, 0.25) is 11.8 Å². The summed E-state index contributed by atoms with van der Waals surface area (Å²) in [6.45, 7) is -0.801. The number of carbonyl (C=O) groups excluding carboxylic acids is 2. The van der Waals surface area contributed by atoms with Gasteiger partial charge < -0.3 is 20.9 Å². The van der Waals surface area contributed by atoms with Crippen LogP contribution >= 0.6 is 11.6 Å². The van der Waals surface area contributed by atoms with Crippen LogP contribution in [0.5, 0.6) is 5.75 Å². The minimum atomic E-state index is -4.49. The number of rotatable bonds is 6. The Kier molecular flexibility index (Phi) is 6.60. The molecule has 0 aliphatic carbocycles. The first kappa shape index (κ1) is 23.4. The van der Waals surface area contributed by atoms with Gasteiger partial charge in [-0.25, -0.2) is 17.5 Å². The Bertz CT molecular complexity index is 1200. The van der Waals surface area contributed by atoms with Crippen LogP contribution < -0.4 is 15.8 Å². The lowest BCUT2D eigenvalue weighted by Gasteiger charge is -2.23. The number of amides is 2. The van der Waals surface area contributed by atoms with E-state index in [4.69, 9.17) is 27.2 Å². The van der Waals surface area contributed by atoms with Crippen LogP contribution in [-0.2, 0) is 26.0 Å². The molecule has 2 aromatic carbocycles. The predicted octanol–water partition coefficient (Wildman–Crippen LogP) is 1.13. The number of hydrogen-bond donors (Lipinski definition) is 3. The number of aromatic carboxylic acids is 1. The van der Waals surface area contributed by atoms with Gasteiger partial charge in [0.25, 0.3) is 10.0 Å². The smallest absolute Gasteiger partial charge is 0.337 e. The standard InChI is InChI=1S/C20H20ClN3O7S/c1-31-17-5-2-13(21)7-11(17)6-12-9-23-18(25)10-24(19(12)26)32(29,30)14-3-4-15(20(27)28)16(22)8-14/h2-5,7-8,12H,6,9-10,22H2,1H3,(H,23,25)(H,27,28). The summed E-state index contributed by atoms with van der Waals surface area (Å²) in [4.78, 5) is 36.2. The molecule has 10 nitrogen and oxygen atoms in total. The first-order valence-electron chi connectivity index (χ1n) is 9.33. The molecule has 32 heavy (non-hydrogen) atoms. The molecular weight excluding hydrogens is 462 g/mol. The first-order chi connectivity index (χ1) is 15.0. The molecule has 0 spiro atoms. The Labute approximate surface area is 189 Å². The van der Waals surface area contributed by atoms with Gasteiger partial charge in [-0.3, -0.25) is 9.59 Å². The zero-order valence-electron chi connectivity index (χ0n) is 16.9. The molecule has 12 heteroatoms. The van der Waals surface area contributed by atoms with Crippen molar-refractivity contribution in [2.45, 2.75) is 11.3 Å². The molecule has 0 radical (unpaired) electrons. The van der Waals surface area contributed by atoms with E-state index in [1.54, 1.807) is 18.2 Å². The highest BCUT2D eigenvalue weighted by atomic mass is 35.5. The molecule has 3 rings (SSSR count). The van der Waals surface area contributed by atoms with Crippen LogP contribution in [0.25, 0.3) is 0 Å². The van der Waals surface area contributed by atoms with Gasteiger partial charge in [0.15, 0.2) is 0 Å². The van der Waals surface area contributed by atoms with E-state index in [0.717, 1.165) is 18.2 Å². The van der Waals surface area contributed by atoms with Crippen molar-refractivity contribution in [1.29, 1.82) is 0 Å². The summed E-state index contributed by atoms with van der Waals surface area (Å²) < 4.78 is 32.1. The van der Waals surface area contributed by atoms with Gasteiger partial charge in [-0.15, -0.1) is 0 Å². The lowest BCUT2D eigenvalue weighted by Crippen LogP contribution is -2.42. The van der Waals surface area contributed by atoms with E-state index in [2.05, 4.69) is 5.32 Å². The summed E-state index contributed by atoms with van der Waals surface area (Å²) in [5.74, 6) is -3.24. The number of benzene rings is 2. The lowest BCUT2D eigenvalue weighted by atomic mass is 9.98. The monoisotopic (exact) mass is 481 g/mol. The molecule has 1 heterocycles. The van der Waals surface area contributed by atoms with Crippen LogP contribution in [0.3, 0.4) is 0 Å². The number of carbonyl (C=O) groups is 3. The molecule has 2 aromatic rings. The lowest BCUT2D eigenvalue weighted by molar-refractivity contribution is -0.131. The third-order valence-corrected chi connectivity index (χ3v) is 6.95. The number of nitrogens with zero attached hydrogens (tertiary/aromatic N) is 1. The van der Waals surface area contributed by atoms with Crippen molar-refractivity contribution in [3.05, 3.63) is 52.5 Å². The van der Waals surface area contributed by atoms with Crippen LogP contribution in [0, 0.1) is 5.92 Å². The highest BCUT2D eigenvalue weighted by molar-refractivity contribution is 7.89. The minimum absolute atomic E-state index is 0.0644. The Morgan fingerprint density at radius 2 is 2.00 bits per heavy atom. The number of ether oxygens (including phenoxy) is 1. The van der Waals surface area contributed by atoms with Crippen molar-refractivity contribution in [2.24, 2.45) is 5.92 Å². The Balaban J connectivity index is 1.98. The zero-order chi connectivity index (χ0) is 23.6. The topological polar surface area (TPSA) is 156 Å².